The molecule has 0 N–H and O–H groups in total. The first-order valence-electron chi connectivity index (χ1n) is 6.99. The number of rotatable bonds is 4. The van der Waals surface area contributed by atoms with Crippen LogP contribution in [0.25, 0.3) is 11.1 Å². The highest BCUT2D eigenvalue weighted by atomic mass is 19.1. The molecular formula is C18H18FNO2. The summed E-state index contributed by atoms with van der Waals surface area (Å²) in [7, 11) is 3.42. The predicted molar refractivity (Wildman–Crippen MR) is 84.2 cm³/mol. The van der Waals surface area contributed by atoms with Crippen LogP contribution in [-0.2, 0) is 11.2 Å². The van der Waals surface area contributed by atoms with Crippen LogP contribution in [0.15, 0.2) is 42.5 Å². The van der Waals surface area contributed by atoms with E-state index in [0.717, 1.165) is 5.56 Å². The van der Waals surface area contributed by atoms with Gasteiger partial charge in [0, 0.05) is 19.7 Å². The SMILES string of the molecule is CC(=O)c1cccc(-c2ccc(CC(=O)N(C)C)cc2)c1F. The molecule has 22 heavy (non-hydrogen) atoms. The number of hydrogen-bond acceptors (Lipinski definition) is 2. The van der Waals surface area contributed by atoms with Crippen molar-refractivity contribution in [3.05, 3.63) is 59.4 Å². The molecule has 0 saturated heterocycles. The summed E-state index contributed by atoms with van der Waals surface area (Å²) in [5, 5.41) is 0. The summed E-state index contributed by atoms with van der Waals surface area (Å²) >= 11 is 0. The number of nitrogens with zero attached hydrogens (tertiary/aromatic N) is 1. The second-order valence-corrected chi connectivity index (χ2v) is 5.39. The van der Waals surface area contributed by atoms with Gasteiger partial charge in [0.05, 0.1) is 12.0 Å². The molecule has 0 aliphatic carbocycles. The van der Waals surface area contributed by atoms with Gasteiger partial charge in [-0.2, -0.15) is 0 Å². The standard InChI is InChI=1S/C18H18FNO2/c1-12(21)15-5-4-6-16(18(15)19)14-9-7-13(8-10-14)11-17(22)20(2)3/h4-10H,11H2,1-3H3. The molecule has 0 aromatic heterocycles. The molecule has 0 aliphatic heterocycles. The predicted octanol–water partition coefficient (Wildman–Crippen LogP) is 3.33. The van der Waals surface area contributed by atoms with Crippen molar-refractivity contribution < 1.29 is 14.0 Å². The number of ketones is 1. The van der Waals surface area contributed by atoms with Gasteiger partial charge in [0.2, 0.25) is 5.91 Å². The maximum atomic E-state index is 14.3. The number of amides is 1. The highest BCUT2D eigenvalue weighted by Gasteiger charge is 2.13. The molecule has 0 fully saturated rings. The zero-order valence-electron chi connectivity index (χ0n) is 12.9. The molecule has 0 unspecified atom stereocenters. The van der Waals surface area contributed by atoms with E-state index in [1.165, 1.54) is 17.9 Å². The Balaban J connectivity index is 2.30. The first-order valence-corrected chi connectivity index (χ1v) is 6.99. The van der Waals surface area contributed by atoms with E-state index in [0.29, 0.717) is 17.5 Å². The van der Waals surface area contributed by atoms with E-state index in [9.17, 15) is 14.0 Å². The molecule has 0 heterocycles. The number of likely N-dealkylation sites (N-methyl/N-ethyl adjacent to an activating group) is 1. The number of halogens is 1. The third kappa shape index (κ3) is 3.39. The van der Waals surface area contributed by atoms with Gasteiger partial charge in [0.25, 0.3) is 0 Å². The van der Waals surface area contributed by atoms with Crippen LogP contribution in [0, 0.1) is 5.82 Å². The summed E-state index contributed by atoms with van der Waals surface area (Å²) in [6.45, 7) is 1.35. The largest absolute Gasteiger partial charge is 0.349 e. The summed E-state index contributed by atoms with van der Waals surface area (Å²) in [4.78, 5) is 24.6. The Kier molecular flexibility index (Phi) is 4.71. The van der Waals surface area contributed by atoms with Crippen molar-refractivity contribution in [2.45, 2.75) is 13.3 Å². The topological polar surface area (TPSA) is 37.4 Å². The van der Waals surface area contributed by atoms with Crippen molar-refractivity contribution >= 4 is 11.7 Å². The van der Waals surface area contributed by atoms with Gasteiger partial charge in [-0.3, -0.25) is 9.59 Å². The molecular weight excluding hydrogens is 281 g/mol. The lowest BCUT2D eigenvalue weighted by Crippen LogP contribution is -2.23. The molecule has 0 bridgehead atoms. The minimum absolute atomic E-state index is 0.0116. The Morgan fingerprint density at radius 2 is 1.68 bits per heavy atom. The van der Waals surface area contributed by atoms with Crippen molar-refractivity contribution in [3.8, 4) is 11.1 Å². The molecule has 0 saturated carbocycles. The summed E-state index contributed by atoms with van der Waals surface area (Å²) in [6, 6.07) is 11.9. The third-order valence-corrected chi connectivity index (χ3v) is 3.50. The number of Topliss-reactive ketones (excluding diaryl/α,β-unsaturated/α-hetero) is 1. The molecule has 3 nitrogen and oxygen atoms in total. The lowest BCUT2D eigenvalue weighted by molar-refractivity contribution is -0.127. The summed E-state index contributed by atoms with van der Waals surface area (Å²) < 4.78 is 14.3. The third-order valence-electron chi connectivity index (χ3n) is 3.50. The Bertz CT molecular complexity index is 706. The fourth-order valence-corrected chi connectivity index (χ4v) is 2.16. The van der Waals surface area contributed by atoms with Crippen LogP contribution < -0.4 is 0 Å². The van der Waals surface area contributed by atoms with Crippen molar-refractivity contribution in [3.63, 3.8) is 0 Å². The van der Waals surface area contributed by atoms with Gasteiger partial charge < -0.3 is 4.90 Å². The maximum Gasteiger partial charge on any atom is 0.226 e. The van der Waals surface area contributed by atoms with Gasteiger partial charge in [-0.25, -0.2) is 4.39 Å². The van der Waals surface area contributed by atoms with Gasteiger partial charge in [-0.1, -0.05) is 36.4 Å². The molecule has 114 valence electrons. The van der Waals surface area contributed by atoms with Gasteiger partial charge in [-0.15, -0.1) is 0 Å². The average molecular weight is 299 g/mol. The normalized spacial score (nSPS) is 10.4. The number of carbonyl (C=O) groups is 2. The van der Waals surface area contributed by atoms with Crippen LogP contribution in [0.4, 0.5) is 4.39 Å². The zero-order valence-corrected chi connectivity index (χ0v) is 12.9. The maximum absolute atomic E-state index is 14.3. The van der Waals surface area contributed by atoms with Crippen molar-refractivity contribution in [1.82, 2.24) is 4.90 Å². The van der Waals surface area contributed by atoms with Gasteiger partial charge in [0.15, 0.2) is 5.78 Å². The molecule has 2 aromatic rings. The van der Waals surface area contributed by atoms with E-state index in [-0.39, 0.29) is 17.3 Å². The van der Waals surface area contributed by atoms with Crippen LogP contribution in [0.2, 0.25) is 0 Å². The van der Waals surface area contributed by atoms with E-state index < -0.39 is 5.82 Å². The quantitative estimate of drug-likeness (QED) is 0.812. The fourth-order valence-electron chi connectivity index (χ4n) is 2.16. The molecule has 4 heteroatoms. The van der Waals surface area contributed by atoms with Gasteiger partial charge >= 0.3 is 0 Å². The van der Waals surface area contributed by atoms with Gasteiger partial charge in [0.1, 0.15) is 5.82 Å². The lowest BCUT2D eigenvalue weighted by atomic mass is 9.99. The number of carbonyl (C=O) groups excluding carboxylic acids is 2. The van der Waals surface area contributed by atoms with E-state index in [4.69, 9.17) is 0 Å². The first-order chi connectivity index (χ1) is 10.4. The van der Waals surface area contributed by atoms with Crippen molar-refractivity contribution in [2.24, 2.45) is 0 Å². The summed E-state index contributed by atoms with van der Waals surface area (Å²) in [5.74, 6) is -0.794. The molecule has 0 aliphatic rings. The van der Waals surface area contributed by atoms with Crippen molar-refractivity contribution in [2.75, 3.05) is 14.1 Å². The second-order valence-electron chi connectivity index (χ2n) is 5.39. The molecule has 0 atom stereocenters. The Morgan fingerprint density at radius 3 is 2.23 bits per heavy atom. The molecule has 2 aromatic carbocycles. The van der Waals surface area contributed by atoms with E-state index in [1.807, 2.05) is 0 Å². The van der Waals surface area contributed by atoms with E-state index in [2.05, 4.69) is 0 Å². The summed E-state index contributed by atoms with van der Waals surface area (Å²) in [6.07, 6.45) is 0.309. The van der Waals surface area contributed by atoms with Gasteiger partial charge in [-0.05, 0) is 24.1 Å². The average Bonchev–Trinajstić information content (AvgIpc) is 2.48. The molecule has 2 rings (SSSR count). The van der Waals surface area contributed by atoms with Crippen molar-refractivity contribution in [1.29, 1.82) is 0 Å². The summed E-state index contributed by atoms with van der Waals surface area (Å²) in [5.41, 5.74) is 2.02. The molecule has 0 radical (unpaired) electrons. The monoisotopic (exact) mass is 299 g/mol. The Labute approximate surface area is 129 Å². The lowest BCUT2D eigenvalue weighted by Gasteiger charge is -2.11. The second kappa shape index (κ2) is 6.52. The zero-order chi connectivity index (χ0) is 16.3. The Hall–Kier alpha value is -2.49. The molecule has 1 amide bonds. The van der Waals surface area contributed by atoms with E-state index >= 15 is 0 Å². The minimum Gasteiger partial charge on any atom is -0.349 e. The first kappa shape index (κ1) is 15.9. The van der Waals surface area contributed by atoms with Crippen LogP contribution >= 0.6 is 0 Å². The van der Waals surface area contributed by atoms with Crippen LogP contribution in [-0.4, -0.2) is 30.7 Å². The number of benzene rings is 2. The minimum atomic E-state index is -0.507. The molecule has 0 spiro atoms. The van der Waals surface area contributed by atoms with Crippen LogP contribution in [0.5, 0.6) is 0 Å². The highest BCUT2D eigenvalue weighted by molar-refractivity contribution is 5.95. The smallest absolute Gasteiger partial charge is 0.226 e. The Morgan fingerprint density at radius 1 is 1.05 bits per heavy atom. The van der Waals surface area contributed by atoms with Crippen LogP contribution in [0.1, 0.15) is 22.8 Å². The highest BCUT2D eigenvalue weighted by Crippen LogP contribution is 2.25. The number of hydrogen-bond donors (Lipinski definition) is 0. The van der Waals surface area contributed by atoms with Crippen LogP contribution in [0.3, 0.4) is 0 Å². The fraction of sp³-hybridized carbons (Fsp3) is 0.222. The van der Waals surface area contributed by atoms with E-state index in [1.54, 1.807) is 50.5 Å².